The van der Waals surface area contributed by atoms with Crippen molar-refractivity contribution in [3.8, 4) is 0 Å². The number of hydrazine groups is 1. The van der Waals surface area contributed by atoms with Crippen molar-refractivity contribution in [1.82, 2.24) is 10.4 Å². The van der Waals surface area contributed by atoms with Crippen molar-refractivity contribution in [1.29, 1.82) is 0 Å². The highest BCUT2D eigenvalue weighted by Gasteiger charge is 2.53. The molecule has 128 valence electrons. The highest BCUT2D eigenvalue weighted by molar-refractivity contribution is 5.86. The molecule has 0 aliphatic carbocycles. The topological polar surface area (TPSA) is 32.3 Å². The highest BCUT2D eigenvalue weighted by atomic mass is 19.4. The van der Waals surface area contributed by atoms with Crippen molar-refractivity contribution < 1.29 is 22.4 Å². The average molecular weight is 340 g/mol. The molecule has 1 aliphatic rings. The van der Waals surface area contributed by atoms with Crippen molar-refractivity contribution in [2.24, 2.45) is 0 Å². The second kappa shape index (κ2) is 5.44. The second-order valence-electron chi connectivity index (χ2n) is 6.55. The third-order valence-electron chi connectivity index (χ3n) is 4.21. The Balaban J connectivity index is 2.24. The van der Waals surface area contributed by atoms with Gasteiger partial charge in [0.25, 0.3) is 0 Å². The number of halogens is 4. The van der Waals surface area contributed by atoms with E-state index in [9.17, 15) is 22.4 Å². The van der Waals surface area contributed by atoms with E-state index < -0.39 is 29.5 Å². The first kappa shape index (κ1) is 16.7. The number of alkyl halides is 3. The third kappa shape index (κ3) is 2.84. The van der Waals surface area contributed by atoms with Gasteiger partial charge in [0.05, 0.1) is 0 Å². The molecule has 0 saturated carbocycles. The summed E-state index contributed by atoms with van der Waals surface area (Å²) in [6, 6.07) is 6.26. The third-order valence-corrected chi connectivity index (χ3v) is 4.21. The summed E-state index contributed by atoms with van der Waals surface area (Å²) in [7, 11) is 0. The molecule has 1 unspecified atom stereocenters. The SMILES string of the molecule is CC1(C)CC(=O)NN1C(c1cc(F)cc2ccccc12)C(F)(F)F. The Kier molecular flexibility index (Phi) is 3.79. The molecule has 24 heavy (non-hydrogen) atoms. The van der Waals surface area contributed by atoms with Gasteiger partial charge in [0, 0.05) is 12.0 Å². The Labute approximate surface area is 136 Å². The van der Waals surface area contributed by atoms with Gasteiger partial charge in [-0.1, -0.05) is 24.3 Å². The zero-order chi connectivity index (χ0) is 17.7. The number of hydrogen-bond donors (Lipinski definition) is 1. The molecule has 0 bridgehead atoms. The standard InChI is InChI=1S/C17H16F4N2O/c1-16(2)9-14(24)22-23(16)15(17(19,20)21)13-8-11(18)7-10-5-3-4-6-12(10)13/h3-8,15H,9H2,1-2H3,(H,22,24). The van der Waals surface area contributed by atoms with E-state index in [4.69, 9.17) is 0 Å². The first-order valence-corrected chi connectivity index (χ1v) is 7.43. The van der Waals surface area contributed by atoms with Gasteiger partial charge < -0.3 is 0 Å². The molecule has 2 aromatic carbocycles. The van der Waals surface area contributed by atoms with Crippen molar-refractivity contribution in [3.05, 3.63) is 47.8 Å². The summed E-state index contributed by atoms with van der Waals surface area (Å²) in [5.74, 6) is -1.24. The molecule has 3 nitrogen and oxygen atoms in total. The van der Waals surface area contributed by atoms with E-state index in [2.05, 4.69) is 5.43 Å². The monoisotopic (exact) mass is 340 g/mol. The number of amides is 1. The minimum absolute atomic E-state index is 0.0627. The van der Waals surface area contributed by atoms with E-state index in [1.54, 1.807) is 32.0 Å². The summed E-state index contributed by atoms with van der Waals surface area (Å²) in [5.41, 5.74) is 1.02. The Hall–Kier alpha value is -2.15. The molecule has 1 aliphatic heterocycles. The van der Waals surface area contributed by atoms with Crippen molar-refractivity contribution in [2.75, 3.05) is 0 Å². The molecule has 1 amide bonds. The van der Waals surface area contributed by atoms with E-state index in [0.29, 0.717) is 10.8 Å². The Morgan fingerprint density at radius 3 is 2.46 bits per heavy atom. The van der Waals surface area contributed by atoms with Crippen LogP contribution in [0.15, 0.2) is 36.4 Å². The predicted octanol–water partition coefficient (Wildman–Crippen LogP) is 4.10. The summed E-state index contributed by atoms with van der Waals surface area (Å²) in [6.07, 6.45) is -4.75. The minimum Gasteiger partial charge on any atom is -0.287 e. The van der Waals surface area contributed by atoms with Crippen LogP contribution in [-0.4, -0.2) is 22.6 Å². The lowest BCUT2D eigenvalue weighted by molar-refractivity contribution is -0.203. The summed E-state index contributed by atoms with van der Waals surface area (Å²) in [5, 5.41) is 1.57. The molecular weight excluding hydrogens is 324 g/mol. The Bertz CT molecular complexity index is 801. The van der Waals surface area contributed by atoms with Gasteiger partial charge in [0.1, 0.15) is 5.82 Å². The second-order valence-corrected chi connectivity index (χ2v) is 6.55. The van der Waals surface area contributed by atoms with Crippen LogP contribution in [-0.2, 0) is 4.79 Å². The molecule has 1 N–H and O–H groups in total. The molecule has 0 radical (unpaired) electrons. The van der Waals surface area contributed by atoms with Crippen molar-refractivity contribution in [2.45, 2.75) is 38.0 Å². The fourth-order valence-electron chi connectivity index (χ4n) is 3.21. The average Bonchev–Trinajstić information content (AvgIpc) is 2.70. The molecule has 0 spiro atoms. The lowest BCUT2D eigenvalue weighted by Crippen LogP contribution is -2.51. The molecular formula is C17H16F4N2O. The molecule has 3 rings (SSSR count). The molecule has 2 aromatic rings. The normalized spacial score (nSPS) is 19.5. The molecule has 7 heteroatoms. The van der Waals surface area contributed by atoms with E-state index in [-0.39, 0.29) is 12.0 Å². The molecule has 0 aromatic heterocycles. The van der Waals surface area contributed by atoms with Gasteiger partial charge in [-0.15, -0.1) is 0 Å². The number of nitrogens with zero attached hydrogens (tertiary/aromatic N) is 1. The lowest BCUT2D eigenvalue weighted by atomic mass is 9.93. The quantitative estimate of drug-likeness (QED) is 0.835. The van der Waals surface area contributed by atoms with Crippen LogP contribution < -0.4 is 5.43 Å². The number of fused-ring (bicyclic) bond motifs is 1. The molecule has 1 fully saturated rings. The summed E-state index contributed by atoms with van der Waals surface area (Å²) in [6.45, 7) is 3.09. The van der Waals surface area contributed by atoms with Gasteiger partial charge in [-0.2, -0.15) is 18.2 Å². The maximum absolute atomic E-state index is 13.9. The fourth-order valence-corrected chi connectivity index (χ4v) is 3.21. The van der Waals surface area contributed by atoms with Gasteiger partial charge in [-0.05, 0) is 42.3 Å². The number of nitrogens with one attached hydrogen (secondary N) is 1. The smallest absolute Gasteiger partial charge is 0.287 e. The van der Waals surface area contributed by atoms with Gasteiger partial charge in [-0.25, -0.2) is 4.39 Å². The van der Waals surface area contributed by atoms with Crippen LogP contribution in [0.25, 0.3) is 10.8 Å². The first-order chi connectivity index (χ1) is 11.1. The van der Waals surface area contributed by atoms with Crippen LogP contribution in [0.2, 0.25) is 0 Å². The van der Waals surface area contributed by atoms with Crippen LogP contribution in [0.5, 0.6) is 0 Å². The van der Waals surface area contributed by atoms with Gasteiger partial charge in [0.2, 0.25) is 5.91 Å². The maximum atomic E-state index is 13.9. The number of benzene rings is 2. The van der Waals surface area contributed by atoms with E-state index >= 15 is 0 Å². The van der Waals surface area contributed by atoms with Crippen molar-refractivity contribution in [3.63, 3.8) is 0 Å². The maximum Gasteiger partial charge on any atom is 0.409 e. The summed E-state index contributed by atoms with van der Waals surface area (Å²) < 4.78 is 55.5. The van der Waals surface area contributed by atoms with Gasteiger partial charge in [0.15, 0.2) is 6.04 Å². The van der Waals surface area contributed by atoms with E-state index in [0.717, 1.165) is 11.1 Å². The Morgan fingerprint density at radius 2 is 1.88 bits per heavy atom. The first-order valence-electron chi connectivity index (χ1n) is 7.43. The summed E-state index contributed by atoms with van der Waals surface area (Å²) >= 11 is 0. The van der Waals surface area contributed by atoms with Crippen molar-refractivity contribution >= 4 is 16.7 Å². The van der Waals surface area contributed by atoms with Crippen LogP contribution >= 0.6 is 0 Å². The predicted molar refractivity (Wildman–Crippen MR) is 81.4 cm³/mol. The largest absolute Gasteiger partial charge is 0.409 e. The van der Waals surface area contributed by atoms with Crippen LogP contribution in [0, 0.1) is 5.82 Å². The number of rotatable bonds is 2. The zero-order valence-corrected chi connectivity index (χ0v) is 13.1. The van der Waals surface area contributed by atoms with Crippen LogP contribution in [0.4, 0.5) is 17.6 Å². The molecule has 1 heterocycles. The lowest BCUT2D eigenvalue weighted by Gasteiger charge is -2.38. The summed E-state index contributed by atoms with van der Waals surface area (Å²) in [4.78, 5) is 11.7. The zero-order valence-electron chi connectivity index (χ0n) is 13.1. The Morgan fingerprint density at radius 1 is 1.21 bits per heavy atom. The van der Waals surface area contributed by atoms with Gasteiger partial charge in [-0.3, -0.25) is 10.2 Å². The molecule has 1 saturated heterocycles. The van der Waals surface area contributed by atoms with E-state index in [1.165, 1.54) is 12.1 Å². The number of carbonyl (C=O) groups excluding carboxylic acids is 1. The highest BCUT2D eigenvalue weighted by Crippen LogP contribution is 2.44. The van der Waals surface area contributed by atoms with Crippen LogP contribution in [0.1, 0.15) is 31.9 Å². The van der Waals surface area contributed by atoms with E-state index in [1.807, 2.05) is 0 Å². The fraction of sp³-hybridized carbons (Fsp3) is 0.353. The van der Waals surface area contributed by atoms with Crippen LogP contribution in [0.3, 0.4) is 0 Å². The minimum atomic E-state index is -4.69. The molecule has 1 atom stereocenters. The number of carbonyl (C=O) groups is 1. The number of hydrogen-bond acceptors (Lipinski definition) is 2. The van der Waals surface area contributed by atoms with Gasteiger partial charge >= 0.3 is 6.18 Å².